The topological polar surface area (TPSA) is 43.6 Å². The number of hydrogen-bond donors (Lipinski definition) is 0. The maximum Gasteiger partial charge on any atom is 0.154 e. The maximum absolute atomic E-state index is 4.32. The van der Waals surface area contributed by atoms with Crippen LogP contribution >= 0.6 is 22.6 Å². The Kier molecular flexibility index (Phi) is 3.30. The zero-order chi connectivity index (χ0) is 10.7. The van der Waals surface area contributed by atoms with Gasteiger partial charge >= 0.3 is 0 Å². The van der Waals surface area contributed by atoms with Crippen molar-refractivity contribution in [3.8, 4) is 5.82 Å². The monoisotopic (exact) mass is 314 g/mol. The van der Waals surface area contributed by atoms with Gasteiger partial charge in [-0.1, -0.05) is 6.92 Å². The van der Waals surface area contributed by atoms with Gasteiger partial charge in [-0.05, 0) is 29.0 Å². The highest BCUT2D eigenvalue weighted by molar-refractivity contribution is 14.1. The van der Waals surface area contributed by atoms with Crippen LogP contribution in [0.1, 0.15) is 19.2 Å². The fourth-order valence-corrected chi connectivity index (χ4v) is 1.98. The maximum atomic E-state index is 4.32. The molecule has 0 bridgehead atoms. The molecule has 0 N–H and O–H groups in total. The average Bonchev–Trinajstić information content (AvgIpc) is 2.67. The number of hydrogen-bond acceptors (Lipinski definition) is 3. The summed E-state index contributed by atoms with van der Waals surface area (Å²) in [7, 11) is 0. The smallest absolute Gasteiger partial charge is 0.154 e. The minimum Gasteiger partial charge on any atom is -0.287 e. The van der Waals surface area contributed by atoms with Crippen molar-refractivity contribution in [1.82, 2.24) is 19.5 Å². The molecule has 2 heterocycles. The molecule has 0 fully saturated rings. The summed E-state index contributed by atoms with van der Waals surface area (Å²) in [5, 5.41) is 0. The van der Waals surface area contributed by atoms with E-state index in [1.165, 1.54) is 0 Å². The van der Waals surface area contributed by atoms with Gasteiger partial charge in [-0.2, -0.15) is 0 Å². The Labute approximate surface area is 102 Å². The number of imidazole rings is 1. The average molecular weight is 314 g/mol. The predicted molar refractivity (Wildman–Crippen MR) is 65.9 cm³/mol. The van der Waals surface area contributed by atoms with Crippen molar-refractivity contribution in [2.75, 3.05) is 0 Å². The van der Waals surface area contributed by atoms with Gasteiger partial charge in [-0.3, -0.25) is 4.57 Å². The van der Waals surface area contributed by atoms with Gasteiger partial charge in [0.2, 0.25) is 0 Å². The van der Waals surface area contributed by atoms with Gasteiger partial charge in [-0.25, -0.2) is 15.0 Å². The quantitative estimate of drug-likeness (QED) is 0.816. The first kappa shape index (κ1) is 10.5. The minimum absolute atomic E-state index is 0.909. The molecule has 0 spiro atoms. The van der Waals surface area contributed by atoms with Crippen LogP contribution < -0.4 is 0 Å². The van der Waals surface area contributed by atoms with Crippen LogP contribution in [-0.4, -0.2) is 19.5 Å². The molecule has 15 heavy (non-hydrogen) atoms. The van der Waals surface area contributed by atoms with Gasteiger partial charge < -0.3 is 0 Å². The van der Waals surface area contributed by atoms with Gasteiger partial charge in [0.05, 0.1) is 3.57 Å². The van der Waals surface area contributed by atoms with Crippen LogP contribution in [0.5, 0.6) is 0 Å². The van der Waals surface area contributed by atoms with Gasteiger partial charge in [0.15, 0.2) is 5.82 Å². The lowest BCUT2D eigenvalue weighted by molar-refractivity contribution is 0.793. The highest BCUT2D eigenvalue weighted by Gasteiger charge is 2.07. The number of rotatable bonds is 3. The highest BCUT2D eigenvalue weighted by Crippen LogP contribution is 2.15. The third kappa shape index (κ3) is 2.17. The molecular weight excluding hydrogens is 303 g/mol. The summed E-state index contributed by atoms with van der Waals surface area (Å²) in [6.45, 7) is 2.14. The molecule has 0 aliphatic carbocycles. The van der Waals surface area contributed by atoms with E-state index in [0.29, 0.717) is 0 Å². The van der Waals surface area contributed by atoms with Crippen molar-refractivity contribution in [3.05, 3.63) is 34.3 Å². The molecule has 0 saturated carbocycles. The van der Waals surface area contributed by atoms with Gasteiger partial charge in [0, 0.05) is 25.0 Å². The van der Waals surface area contributed by atoms with Crippen molar-refractivity contribution in [2.24, 2.45) is 0 Å². The second-order valence-electron chi connectivity index (χ2n) is 3.16. The Morgan fingerprint density at radius 3 is 3.00 bits per heavy atom. The summed E-state index contributed by atoms with van der Waals surface area (Å²) in [5.41, 5.74) is 0. The zero-order valence-electron chi connectivity index (χ0n) is 8.39. The third-order valence-electron chi connectivity index (χ3n) is 2.07. The van der Waals surface area contributed by atoms with Crippen LogP contribution in [0.15, 0.2) is 24.9 Å². The van der Waals surface area contributed by atoms with Crippen molar-refractivity contribution < 1.29 is 0 Å². The first-order valence-corrected chi connectivity index (χ1v) is 5.89. The Hall–Kier alpha value is -0.980. The molecule has 4 nitrogen and oxygen atoms in total. The summed E-state index contributed by atoms with van der Waals surface area (Å²) in [4.78, 5) is 12.6. The fraction of sp³-hybridized carbons (Fsp3) is 0.300. The van der Waals surface area contributed by atoms with Gasteiger partial charge in [0.25, 0.3) is 0 Å². The van der Waals surface area contributed by atoms with Crippen molar-refractivity contribution in [1.29, 1.82) is 0 Å². The molecule has 0 aromatic carbocycles. The summed E-state index contributed by atoms with van der Waals surface area (Å²) >= 11 is 2.23. The fourth-order valence-electron chi connectivity index (χ4n) is 1.42. The second-order valence-corrected chi connectivity index (χ2v) is 4.32. The first-order valence-electron chi connectivity index (χ1n) is 4.81. The van der Waals surface area contributed by atoms with Crippen LogP contribution in [0.4, 0.5) is 0 Å². The van der Waals surface area contributed by atoms with Crippen LogP contribution in [0.25, 0.3) is 5.82 Å². The lowest BCUT2D eigenvalue weighted by Gasteiger charge is -2.06. The van der Waals surface area contributed by atoms with E-state index in [1.807, 2.05) is 17.0 Å². The molecule has 0 aliphatic rings. The molecule has 78 valence electrons. The number of aryl methyl sites for hydroxylation is 1. The van der Waals surface area contributed by atoms with Crippen molar-refractivity contribution in [2.45, 2.75) is 19.8 Å². The van der Waals surface area contributed by atoms with E-state index in [0.717, 1.165) is 28.1 Å². The summed E-state index contributed by atoms with van der Waals surface area (Å²) in [5.74, 6) is 1.96. The van der Waals surface area contributed by atoms with E-state index in [4.69, 9.17) is 0 Å². The largest absolute Gasteiger partial charge is 0.287 e. The Morgan fingerprint density at radius 2 is 2.27 bits per heavy atom. The molecule has 0 atom stereocenters. The van der Waals surface area contributed by atoms with E-state index < -0.39 is 0 Å². The summed E-state index contributed by atoms with van der Waals surface area (Å²) in [6, 6.07) is 0. The zero-order valence-corrected chi connectivity index (χ0v) is 10.5. The van der Waals surface area contributed by atoms with Crippen LogP contribution in [-0.2, 0) is 6.42 Å². The Morgan fingerprint density at radius 1 is 1.40 bits per heavy atom. The molecular formula is C10H11IN4. The molecule has 0 saturated heterocycles. The minimum atomic E-state index is 0.909. The van der Waals surface area contributed by atoms with Crippen LogP contribution in [0, 0.1) is 3.57 Å². The predicted octanol–water partition coefficient (Wildman–Crippen LogP) is 2.22. The summed E-state index contributed by atoms with van der Waals surface area (Å²) in [6.07, 6.45) is 9.16. The molecule has 5 heteroatoms. The lowest BCUT2D eigenvalue weighted by Crippen LogP contribution is -2.04. The molecule has 0 unspecified atom stereocenters. The van der Waals surface area contributed by atoms with Crippen LogP contribution in [0.2, 0.25) is 0 Å². The van der Waals surface area contributed by atoms with Crippen LogP contribution in [0.3, 0.4) is 0 Å². The summed E-state index contributed by atoms with van der Waals surface area (Å²) < 4.78 is 3.05. The van der Waals surface area contributed by atoms with Crippen molar-refractivity contribution >= 4 is 22.6 Å². The van der Waals surface area contributed by atoms with E-state index in [9.17, 15) is 0 Å². The second kappa shape index (κ2) is 4.69. The van der Waals surface area contributed by atoms with E-state index in [1.54, 1.807) is 12.5 Å². The SMILES string of the molecule is CCCc1nccn1-c1ncncc1I. The highest BCUT2D eigenvalue weighted by atomic mass is 127. The third-order valence-corrected chi connectivity index (χ3v) is 2.83. The molecule has 0 aliphatic heterocycles. The molecule has 2 aromatic heterocycles. The number of nitrogens with zero attached hydrogens (tertiary/aromatic N) is 4. The Bertz CT molecular complexity index is 452. The van der Waals surface area contributed by atoms with Crippen molar-refractivity contribution in [3.63, 3.8) is 0 Å². The van der Waals surface area contributed by atoms with E-state index in [-0.39, 0.29) is 0 Å². The lowest BCUT2D eigenvalue weighted by atomic mass is 10.3. The first-order chi connectivity index (χ1) is 7.33. The standard InChI is InChI=1S/C10H11IN4/c1-2-3-9-13-4-5-15(9)10-8(11)6-12-7-14-10/h4-7H,2-3H2,1H3. The number of halogens is 1. The molecule has 0 amide bonds. The van der Waals surface area contributed by atoms with E-state index >= 15 is 0 Å². The van der Waals surface area contributed by atoms with Gasteiger partial charge in [0.1, 0.15) is 12.2 Å². The molecule has 0 radical (unpaired) electrons. The Balaban J connectivity index is 2.45. The molecule has 2 rings (SSSR count). The molecule has 2 aromatic rings. The normalized spacial score (nSPS) is 10.5. The van der Waals surface area contributed by atoms with E-state index in [2.05, 4.69) is 44.5 Å². The number of aromatic nitrogens is 4. The van der Waals surface area contributed by atoms with Gasteiger partial charge in [-0.15, -0.1) is 0 Å².